The first kappa shape index (κ1) is 26.0. The quantitative estimate of drug-likeness (QED) is 0.330. The van der Waals surface area contributed by atoms with Crippen LogP contribution in [0.1, 0.15) is 23.2 Å². The molecule has 0 saturated carbocycles. The molecule has 2 amide bonds. The number of ether oxygens (including phenoxy) is 1. The molecule has 0 spiro atoms. The van der Waals surface area contributed by atoms with Gasteiger partial charge in [0.05, 0.1) is 30.6 Å². The molecule has 41 heavy (non-hydrogen) atoms. The van der Waals surface area contributed by atoms with Crippen molar-refractivity contribution in [3.63, 3.8) is 0 Å². The lowest BCUT2D eigenvalue weighted by Crippen LogP contribution is -2.28. The minimum Gasteiger partial charge on any atom is -0.497 e. The summed E-state index contributed by atoms with van der Waals surface area (Å²) in [6.45, 7) is 6.04. The molecule has 4 heterocycles. The Kier molecular flexibility index (Phi) is 6.37. The fourth-order valence-electron chi connectivity index (χ4n) is 4.93. The second kappa shape index (κ2) is 10.0. The van der Waals surface area contributed by atoms with Crippen LogP contribution >= 0.6 is 0 Å². The average Bonchev–Trinajstić information content (AvgIpc) is 3.67. The van der Waals surface area contributed by atoms with Gasteiger partial charge in [-0.2, -0.15) is 19.9 Å². The lowest BCUT2D eigenvalue weighted by molar-refractivity contribution is -0.122. The summed E-state index contributed by atoms with van der Waals surface area (Å²) in [7, 11) is 1.57. The first-order valence-electron chi connectivity index (χ1n) is 13.1. The van der Waals surface area contributed by atoms with Gasteiger partial charge in [-0.3, -0.25) is 19.4 Å². The number of benzene rings is 2. The summed E-state index contributed by atoms with van der Waals surface area (Å²) in [6.07, 6.45) is 1.55. The van der Waals surface area contributed by atoms with E-state index in [4.69, 9.17) is 4.74 Å². The molecule has 0 radical (unpaired) electrons. The highest BCUT2D eigenvalue weighted by Gasteiger charge is 2.35. The number of rotatable bonds is 6. The molecule has 3 aromatic heterocycles. The van der Waals surface area contributed by atoms with E-state index < -0.39 is 5.92 Å². The van der Waals surface area contributed by atoms with Crippen LogP contribution in [0, 0.1) is 26.7 Å². The van der Waals surface area contributed by atoms with Crippen molar-refractivity contribution in [2.45, 2.75) is 27.2 Å². The molecular formula is C29H28N8O4. The van der Waals surface area contributed by atoms with Crippen molar-refractivity contribution in [2.24, 2.45) is 5.92 Å². The minimum absolute atomic E-state index is 0.0706. The minimum atomic E-state index is -0.575. The summed E-state index contributed by atoms with van der Waals surface area (Å²) in [6, 6.07) is 14.7. The third kappa shape index (κ3) is 4.73. The Morgan fingerprint density at radius 3 is 2.49 bits per heavy atom. The number of methoxy groups -OCH3 is 1. The number of H-pyrrole nitrogens is 1. The number of nitrogens with zero attached hydrogens (tertiary/aromatic N) is 6. The predicted octanol–water partition coefficient (Wildman–Crippen LogP) is 3.22. The number of hydrogen-bond donors (Lipinski definition) is 2. The lowest BCUT2D eigenvalue weighted by Gasteiger charge is -2.17. The van der Waals surface area contributed by atoms with Crippen molar-refractivity contribution in [3.8, 4) is 17.4 Å². The average molecular weight is 553 g/mol. The Bertz CT molecular complexity index is 1870. The highest BCUT2D eigenvalue weighted by molar-refractivity contribution is 6.03. The van der Waals surface area contributed by atoms with Crippen molar-refractivity contribution >= 4 is 34.4 Å². The van der Waals surface area contributed by atoms with Crippen LogP contribution in [0.2, 0.25) is 0 Å². The van der Waals surface area contributed by atoms with E-state index in [0.29, 0.717) is 34.0 Å². The van der Waals surface area contributed by atoms with Crippen molar-refractivity contribution in [1.29, 1.82) is 0 Å². The molecule has 6 rings (SSSR count). The van der Waals surface area contributed by atoms with E-state index in [1.807, 2.05) is 32.0 Å². The van der Waals surface area contributed by atoms with Crippen LogP contribution in [-0.2, 0) is 9.59 Å². The highest BCUT2D eigenvalue weighted by atomic mass is 16.5. The van der Waals surface area contributed by atoms with Crippen LogP contribution < -0.4 is 20.5 Å². The zero-order valence-corrected chi connectivity index (χ0v) is 23.0. The monoisotopic (exact) mass is 552 g/mol. The maximum atomic E-state index is 13.3. The summed E-state index contributed by atoms with van der Waals surface area (Å²) >= 11 is 0. The number of aromatic nitrogens is 6. The summed E-state index contributed by atoms with van der Waals surface area (Å²) in [5.74, 6) is 0.0748. The molecule has 0 aliphatic carbocycles. The summed E-state index contributed by atoms with van der Waals surface area (Å²) in [5.41, 5.74) is 4.26. The smallest absolute Gasteiger partial charge is 0.263 e. The Morgan fingerprint density at radius 2 is 1.76 bits per heavy atom. The molecule has 1 unspecified atom stereocenters. The molecule has 5 aromatic rings. The standard InChI is InChI=1S/C29H28N8O4/c1-16-5-6-21(11-17(16)2)36-26-23(14-30-36)28(40)33-29(32-26)37-24(12-18(3)34-37)31-27(39)19-13-25(38)35(15-19)20-7-9-22(41-4)10-8-20/h5-12,14,19H,13,15H2,1-4H3,(H,31,39)(H,32,33,40). The Labute approximate surface area is 234 Å². The van der Waals surface area contributed by atoms with Gasteiger partial charge in [0, 0.05) is 24.7 Å². The number of nitrogens with one attached hydrogen (secondary N) is 2. The Balaban J connectivity index is 1.29. The van der Waals surface area contributed by atoms with Gasteiger partial charge in [0.25, 0.3) is 5.56 Å². The maximum absolute atomic E-state index is 13.3. The number of aromatic amines is 1. The van der Waals surface area contributed by atoms with Crippen molar-refractivity contribution < 1.29 is 14.3 Å². The van der Waals surface area contributed by atoms with Crippen LogP contribution in [0.4, 0.5) is 11.5 Å². The summed E-state index contributed by atoms with van der Waals surface area (Å²) in [5, 5.41) is 12.1. The van der Waals surface area contributed by atoms with Gasteiger partial charge in [-0.05, 0) is 68.3 Å². The highest BCUT2D eigenvalue weighted by Crippen LogP contribution is 2.28. The lowest BCUT2D eigenvalue weighted by atomic mass is 10.1. The molecule has 2 aromatic carbocycles. The molecule has 1 saturated heterocycles. The van der Waals surface area contributed by atoms with Gasteiger partial charge in [0.2, 0.25) is 17.8 Å². The molecule has 1 atom stereocenters. The number of amides is 2. The van der Waals surface area contributed by atoms with Crippen LogP contribution in [0.15, 0.2) is 59.5 Å². The van der Waals surface area contributed by atoms with Crippen molar-refractivity contribution in [3.05, 3.63) is 81.9 Å². The SMILES string of the molecule is COc1ccc(N2CC(C(=O)Nc3cc(C)nn3-c3nc4c(cnn4-c4ccc(C)c(C)c4)c(=O)[nH]3)CC2=O)cc1. The fourth-order valence-corrected chi connectivity index (χ4v) is 4.93. The number of anilines is 2. The van der Waals surface area contributed by atoms with Gasteiger partial charge in [-0.25, -0.2) is 4.68 Å². The van der Waals surface area contributed by atoms with E-state index in [-0.39, 0.29) is 36.3 Å². The van der Waals surface area contributed by atoms with E-state index in [1.165, 1.54) is 10.9 Å². The topological polar surface area (TPSA) is 140 Å². The van der Waals surface area contributed by atoms with Crippen LogP contribution in [-0.4, -0.2) is 55.0 Å². The normalized spacial score (nSPS) is 15.1. The number of fused-ring (bicyclic) bond motifs is 1. The van der Waals surface area contributed by atoms with Gasteiger partial charge in [0.15, 0.2) is 5.65 Å². The van der Waals surface area contributed by atoms with E-state index in [1.54, 1.807) is 53.9 Å². The molecule has 12 heteroatoms. The first-order chi connectivity index (χ1) is 19.7. The van der Waals surface area contributed by atoms with Gasteiger partial charge < -0.3 is 15.0 Å². The maximum Gasteiger partial charge on any atom is 0.263 e. The van der Waals surface area contributed by atoms with E-state index in [9.17, 15) is 14.4 Å². The van der Waals surface area contributed by atoms with Gasteiger partial charge in [0.1, 0.15) is 17.0 Å². The molecule has 1 fully saturated rings. The van der Waals surface area contributed by atoms with E-state index in [2.05, 4.69) is 25.5 Å². The number of carbonyl (C=O) groups excluding carboxylic acids is 2. The van der Waals surface area contributed by atoms with Gasteiger partial charge >= 0.3 is 0 Å². The number of aryl methyl sites for hydroxylation is 3. The van der Waals surface area contributed by atoms with Crippen LogP contribution in [0.5, 0.6) is 5.75 Å². The second-order valence-corrected chi connectivity index (χ2v) is 10.1. The van der Waals surface area contributed by atoms with Crippen LogP contribution in [0.25, 0.3) is 22.7 Å². The summed E-state index contributed by atoms with van der Waals surface area (Å²) in [4.78, 5) is 48.1. The second-order valence-electron chi connectivity index (χ2n) is 10.1. The van der Waals surface area contributed by atoms with Crippen LogP contribution in [0.3, 0.4) is 0 Å². The summed E-state index contributed by atoms with van der Waals surface area (Å²) < 4.78 is 8.17. The molecule has 0 bridgehead atoms. The molecule has 2 N–H and O–H groups in total. The molecule has 208 valence electrons. The van der Waals surface area contributed by atoms with E-state index in [0.717, 1.165) is 16.8 Å². The predicted molar refractivity (Wildman–Crippen MR) is 153 cm³/mol. The molecule has 1 aliphatic heterocycles. The van der Waals surface area contributed by atoms with Crippen molar-refractivity contribution in [2.75, 3.05) is 23.9 Å². The third-order valence-electron chi connectivity index (χ3n) is 7.32. The first-order valence-corrected chi connectivity index (χ1v) is 13.1. The Hall–Kier alpha value is -5.26. The zero-order valence-electron chi connectivity index (χ0n) is 23.0. The van der Waals surface area contributed by atoms with Gasteiger partial charge in [-0.1, -0.05) is 6.07 Å². The molecule has 1 aliphatic rings. The van der Waals surface area contributed by atoms with Gasteiger partial charge in [-0.15, -0.1) is 0 Å². The zero-order chi connectivity index (χ0) is 28.8. The van der Waals surface area contributed by atoms with E-state index >= 15 is 0 Å². The van der Waals surface area contributed by atoms with Crippen molar-refractivity contribution in [1.82, 2.24) is 29.5 Å². The third-order valence-corrected chi connectivity index (χ3v) is 7.32. The fraction of sp³-hybridized carbons (Fsp3) is 0.241. The Morgan fingerprint density at radius 1 is 1.00 bits per heavy atom. The molecular weight excluding hydrogens is 524 g/mol. The molecule has 12 nitrogen and oxygen atoms in total. The largest absolute Gasteiger partial charge is 0.497 e. The number of hydrogen-bond acceptors (Lipinski definition) is 7. The number of carbonyl (C=O) groups is 2.